The first-order chi connectivity index (χ1) is 14.3. The van der Waals surface area contributed by atoms with Crippen LogP contribution in [0.5, 0.6) is 5.75 Å². The summed E-state index contributed by atoms with van der Waals surface area (Å²) in [5, 5.41) is 5.03. The normalized spacial score (nSPS) is 15.5. The van der Waals surface area contributed by atoms with Gasteiger partial charge in [-0.25, -0.2) is 4.79 Å². The number of carbonyl (C=O) groups excluding carboxylic acids is 1. The van der Waals surface area contributed by atoms with E-state index in [9.17, 15) is 4.79 Å². The van der Waals surface area contributed by atoms with E-state index in [4.69, 9.17) is 18.4 Å². The summed E-state index contributed by atoms with van der Waals surface area (Å²) in [6.07, 6.45) is 2.22. The summed E-state index contributed by atoms with van der Waals surface area (Å²) in [5.41, 5.74) is 0.180. The summed E-state index contributed by atoms with van der Waals surface area (Å²) in [5.74, 6) is 2.58. The third-order valence-electron chi connectivity index (χ3n) is 5.14. The summed E-state index contributed by atoms with van der Waals surface area (Å²) in [7, 11) is 1.61. The van der Waals surface area contributed by atoms with E-state index in [1.54, 1.807) is 12.0 Å². The van der Waals surface area contributed by atoms with Crippen LogP contribution in [-0.2, 0) is 11.2 Å². The second kappa shape index (κ2) is 8.01. The Hall–Kier alpha value is -3.03. The van der Waals surface area contributed by atoms with Crippen LogP contribution in [0.2, 0.25) is 0 Å². The zero-order valence-electron chi connectivity index (χ0n) is 17.8. The number of carbonyl (C=O) groups is 1. The molecule has 3 aromatic rings. The van der Waals surface area contributed by atoms with Gasteiger partial charge in [-0.1, -0.05) is 17.3 Å². The molecule has 1 aliphatic heterocycles. The van der Waals surface area contributed by atoms with E-state index in [2.05, 4.69) is 10.1 Å². The van der Waals surface area contributed by atoms with Gasteiger partial charge >= 0.3 is 6.09 Å². The van der Waals surface area contributed by atoms with Crippen LogP contribution in [0.4, 0.5) is 4.79 Å². The maximum Gasteiger partial charge on any atom is 0.410 e. The molecule has 1 aromatic carbocycles. The lowest BCUT2D eigenvalue weighted by Gasteiger charge is -2.33. The number of likely N-dealkylation sites (tertiary alicyclic amines) is 1. The van der Waals surface area contributed by atoms with Crippen molar-refractivity contribution in [2.45, 2.75) is 45.6 Å². The molecule has 1 saturated heterocycles. The fourth-order valence-electron chi connectivity index (χ4n) is 3.64. The quantitative estimate of drug-likeness (QED) is 0.613. The molecule has 0 aliphatic carbocycles. The molecule has 0 unspecified atom stereocenters. The van der Waals surface area contributed by atoms with Crippen molar-refractivity contribution >= 4 is 17.1 Å². The van der Waals surface area contributed by atoms with Crippen LogP contribution in [0.1, 0.15) is 39.4 Å². The highest BCUT2D eigenvalue weighted by molar-refractivity contribution is 5.86. The lowest BCUT2D eigenvalue weighted by molar-refractivity contribution is 0.0183. The van der Waals surface area contributed by atoms with E-state index < -0.39 is 5.60 Å². The zero-order chi connectivity index (χ0) is 21.3. The van der Waals surface area contributed by atoms with E-state index in [0.717, 1.165) is 18.2 Å². The van der Waals surface area contributed by atoms with Gasteiger partial charge in [0.15, 0.2) is 22.9 Å². The number of para-hydroxylation sites is 1. The summed E-state index contributed by atoms with van der Waals surface area (Å²) < 4.78 is 22.1. The molecule has 8 nitrogen and oxygen atoms in total. The molecule has 0 atom stereocenters. The number of fused-ring (bicyclic) bond motifs is 1. The minimum absolute atomic E-state index is 0.247. The first kappa shape index (κ1) is 20.3. The van der Waals surface area contributed by atoms with Crippen LogP contribution >= 0.6 is 0 Å². The van der Waals surface area contributed by atoms with E-state index in [1.165, 1.54) is 0 Å². The van der Waals surface area contributed by atoms with E-state index in [0.29, 0.717) is 54.2 Å². The highest BCUT2D eigenvalue weighted by Gasteiger charge is 2.28. The van der Waals surface area contributed by atoms with Gasteiger partial charge in [0.05, 0.1) is 7.11 Å². The highest BCUT2D eigenvalue weighted by Crippen LogP contribution is 2.33. The number of hydrogen-bond donors (Lipinski definition) is 0. The standard InChI is InChI=1S/C22H27N3O5/c1-22(2,3)29-21(26)25-10-8-14(9-11-25)12-18-23-20(30-24-18)17-13-15-6-5-7-16(27-4)19(15)28-17/h5-7,13-14H,8-12H2,1-4H3. The molecule has 160 valence electrons. The molecule has 30 heavy (non-hydrogen) atoms. The Morgan fingerprint density at radius 1 is 1.27 bits per heavy atom. The van der Waals surface area contributed by atoms with Gasteiger partial charge in [-0.2, -0.15) is 4.98 Å². The molecule has 3 heterocycles. The molecule has 1 aliphatic rings. The molecular weight excluding hydrogens is 386 g/mol. The molecule has 8 heteroatoms. The van der Waals surface area contributed by atoms with Crippen LogP contribution in [0.15, 0.2) is 33.2 Å². The topological polar surface area (TPSA) is 90.8 Å². The Balaban J connectivity index is 1.37. The molecule has 1 fully saturated rings. The predicted molar refractivity (Wildman–Crippen MR) is 110 cm³/mol. The molecule has 0 saturated carbocycles. The third kappa shape index (κ3) is 4.42. The second-order valence-corrected chi connectivity index (χ2v) is 8.62. The minimum atomic E-state index is -0.477. The van der Waals surface area contributed by atoms with Gasteiger partial charge in [-0.15, -0.1) is 0 Å². The summed E-state index contributed by atoms with van der Waals surface area (Å²) in [4.78, 5) is 18.5. The number of hydrogen-bond acceptors (Lipinski definition) is 7. The van der Waals surface area contributed by atoms with Gasteiger partial charge in [0, 0.05) is 24.9 Å². The van der Waals surface area contributed by atoms with Gasteiger partial charge in [-0.05, 0) is 51.7 Å². The zero-order valence-corrected chi connectivity index (χ0v) is 17.8. The monoisotopic (exact) mass is 413 g/mol. The predicted octanol–water partition coefficient (Wildman–Crippen LogP) is 4.68. The fourth-order valence-corrected chi connectivity index (χ4v) is 3.64. The summed E-state index contributed by atoms with van der Waals surface area (Å²) >= 11 is 0. The van der Waals surface area contributed by atoms with Gasteiger partial charge in [0.1, 0.15) is 5.60 Å². The van der Waals surface area contributed by atoms with Crippen molar-refractivity contribution in [3.05, 3.63) is 30.1 Å². The van der Waals surface area contributed by atoms with Crippen molar-refractivity contribution in [2.24, 2.45) is 5.92 Å². The Morgan fingerprint density at radius 3 is 2.73 bits per heavy atom. The number of furan rings is 1. The lowest BCUT2D eigenvalue weighted by Crippen LogP contribution is -2.42. The van der Waals surface area contributed by atoms with E-state index in [1.807, 2.05) is 45.0 Å². The largest absolute Gasteiger partial charge is 0.493 e. The molecule has 2 aromatic heterocycles. The molecule has 4 rings (SSSR count). The van der Waals surface area contributed by atoms with Crippen molar-refractivity contribution in [3.8, 4) is 17.4 Å². The average Bonchev–Trinajstić information content (AvgIpc) is 3.33. The van der Waals surface area contributed by atoms with Gasteiger partial charge in [-0.3, -0.25) is 0 Å². The van der Waals surface area contributed by atoms with Gasteiger partial charge < -0.3 is 23.3 Å². The van der Waals surface area contributed by atoms with Crippen molar-refractivity contribution in [3.63, 3.8) is 0 Å². The SMILES string of the molecule is COc1cccc2cc(-c3nc(CC4CCN(C(=O)OC(C)(C)C)CC4)no3)oc12. The van der Waals surface area contributed by atoms with E-state index in [-0.39, 0.29) is 6.09 Å². The van der Waals surface area contributed by atoms with E-state index >= 15 is 0 Å². The van der Waals surface area contributed by atoms with Crippen molar-refractivity contribution in [1.29, 1.82) is 0 Å². The van der Waals surface area contributed by atoms with Gasteiger partial charge in [0.2, 0.25) is 0 Å². The summed E-state index contributed by atoms with van der Waals surface area (Å²) in [6.45, 7) is 6.98. The number of nitrogens with zero attached hydrogens (tertiary/aromatic N) is 3. The maximum absolute atomic E-state index is 12.2. The smallest absolute Gasteiger partial charge is 0.410 e. The number of amides is 1. The number of benzene rings is 1. The molecular formula is C22H27N3O5. The molecule has 0 radical (unpaired) electrons. The second-order valence-electron chi connectivity index (χ2n) is 8.62. The van der Waals surface area contributed by atoms with Crippen LogP contribution < -0.4 is 4.74 Å². The summed E-state index contributed by atoms with van der Waals surface area (Å²) in [6, 6.07) is 7.57. The Morgan fingerprint density at radius 2 is 2.03 bits per heavy atom. The molecule has 1 amide bonds. The van der Waals surface area contributed by atoms with Crippen LogP contribution in [0.25, 0.3) is 22.6 Å². The maximum atomic E-state index is 12.2. The van der Waals surface area contributed by atoms with Crippen molar-refractivity contribution in [2.75, 3.05) is 20.2 Å². The number of ether oxygens (including phenoxy) is 2. The Bertz CT molecular complexity index is 1020. The Labute approximate surface area is 175 Å². The molecule has 0 spiro atoms. The fraction of sp³-hybridized carbons (Fsp3) is 0.500. The number of methoxy groups -OCH3 is 1. The number of aromatic nitrogens is 2. The first-order valence-corrected chi connectivity index (χ1v) is 10.2. The number of rotatable bonds is 4. The Kier molecular flexibility index (Phi) is 5.40. The van der Waals surface area contributed by atoms with Gasteiger partial charge in [0.25, 0.3) is 5.89 Å². The molecule has 0 bridgehead atoms. The van der Waals surface area contributed by atoms with Crippen LogP contribution in [-0.4, -0.2) is 46.9 Å². The highest BCUT2D eigenvalue weighted by atomic mass is 16.6. The first-order valence-electron chi connectivity index (χ1n) is 10.2. The number of piperidine rings is 1. The van der Waals surface area contributed by atoms with Crippen molar-refractivity contribution < 1.29 is 23.2 Å². The van der Waals surface area contributed by atoms with Crippen LogP contribution in [0.3, 0.4) is 0 Å². The third-order valence-corrected chi connectivity index (χ3v) is 5.14. The average molecular weight is 413 g/mol. The van der Waals surface area contributed by atoms with Crippen LogP contribution in [0, 0.1) is 5.92 Å². The lowest BCUT2D eigenvalue weighted by atomic mass is 9.93. The minimum Gasteiger partial charge on any atom is -0.493 e. The van der Waals surface area contributed by atoms with Crippen molar-refractivity contribution in [1.82, 2.24) is 15.0 Å². The molecule has 0 N–H and O–H groups in total.